The van der Waals surface area contributed by atoms with Crippen molar-refractivity contribution in [2.75, 3.05) is 10.6 Å². The zero-order valence-electron chi connectivity index (χ0n) is 8.90. The third kappa shape index (κ3) is 1.76. The molecule has 8 nitrogen and oxygen atoms in total. The maximum Gasteiger partial charge on any atom is 0.323 e. The highest BCUT2D eigenvalue weighted by atomic mass is 32.1. The third-order valence-electron chi connectivity index (χ3n) is 2.30. The normalized spacial score (nSPS) is 11.9. The van der Waals surface area contributed by atoms with E-state index in [1.807, 2.05) is 0 Å². The summed E-state index contributed by atoms with van der Waals surface area (Å²) < 4.78 is 0. The van der Waals surface area contributed by atoms with Crippen LogP contribution >= 0.6 is 11.3 Å². The van der Waals surface area contributed by atoms with Crippen LogP contribution in [0.25, 0.3) is 10.2 Å². The van der Waals surface area contributed by atoms with Gasteiger partial charge in [0.15, 0.2) is 0 Å². The Morgan fingerprint density at radius 1 is 1.33 bits per heavy atom. The largest absolute Gasteiger partial charge is 0.412 e. The van der Waals surface area contributed by atoms with Gasteiger partial charge in [-0.25, -0.2) is 9.78 Å². The minimum atomic E-state index is -0.564. The Morgan fingerprint density at radius 2 is 2.06 bits per heavy atom. The number of nitrogens with zero attached hydrogens (tertiary/aromatic N) is 1. The van der Waals surface area contributed by atoms with E-state index in [0.29, 0.717) is 21.1 Å². The second kappa shape index (κ2) is 4.56. The highest BCUT2D eigenvalue weighted by molar-refractivity contribution is 7.21. The van der Waals surface area contributed by atoms with Crippen molar-refractivity contribution in [1.82, 2.24) is 4.98 Å². The van der Waals surface area contributed by atoms with E-state index < -0.39 is 5.91 Å². The SMILES string of the molecule is NC(=O)c1sc2nccc3c2c1NC(=O)N3.O.O. The number of aromatic nitrogens is 1. The average Bonchev–Trinajstić information content (AvgIpc) is 2.59. The van der Waals surface area contributed by atoms with Crippen molar-refractivity contribution in [3.63, 3.8) is 0 Å². The Morgan fingerprint density at radius 3 is 2.72 bits per heavy atom. The molecular weight excluding hydrogens is 260 g/mol. The number of urea groups is 1. The predicted molar refractivity (Wildman–Crippen MR) is 68.0 cm³/mol. The van der Waals surface area contributed by atoms with Crippen LogP contribution in [0.2, 0.25) is 0 Å². The first-order valence-corrected chi connectivity index (χ1v) is 5.28. The van der Waals surface area contributed by atoms with Gasteiger partial charge in [0.05, 0.1) is 16.8 Å². The Hall–Kier alpha value is -2.23. The quantitative estimate of drug-likeness (QED) is 0.650. The second-order valence-electron chi connectivity index (χ2n) is 3.29. The summed E-state index contributed by atoms with van der Waals surface area (Å²) in [6, 6.07) is 1.31. The van der Waals surface area contributed by atoms with Crippen LogP contribution in [0, 0.1) is 0 Å². The number of hydrogen-bond acceptors (Lipinski definition) is 4. The van der Waals surface area contributed by atoms with Crippen molar-refractivity contribution in [2.24, 2.45) is 5.73 Å². The minimum absolute atomic E-state index is 0. The number of nitrogens with one attached hydrogen (secondary N) is 2. The lowest BCUT2D eigenvalue weighted by atomic mass is 10.2. The summed E-state index contributed by atoms with van der Waals surface area (Å²) in [6.07, 6.45) is 1.58. The molecule has 1 aliphatic heterocycles. The monoisotopic (exact) mass is 270 g/mol. The summed E-state index contributed by atoms with van der Waals surface area (Å²) in [5.74, 6) is -0.564. The highest BCUT2D eigenvalue weighted by Gasteiger charge is 2.25. The molecule has 3 rings (SSSR count). The fraction of sp³-hybridized carbons (Fsp3) is 0. The van der Waals surface area contributed by atoms with Crippen LogP contribution in [0.3, 0.4) is 0 Å². The van der Waals surface area contributed by atoms with Crippen LogP contribution < -0.4 is 16.4 Å². The molecule has 2 aromatic rings. The van der Waals surface area contributed by atoms with E-state index in [1.165, 1.54) is 11.3 Å². The van der Waals surface area contributed by atoms with Gasteiger partial charge in [-0.1, -0.05) is 0 Å². The van der Waals surface area contributed by atoms with E-state index in [1.54, 1.807) is 12.3 Å². The molecule has 0 spiro atoms. The standard InChI is InChI=1S/C9H6N4O2S.2H2O/c10-7(14)6-5-4-3(12-9(15)13-5)1-2-11-8(4)16-6;;/h1-2H,(H2,10,14)(H2,12,13,15);2*1H2. The maximum atomic E-state index is 11.3. The van der Waals surface area contributed by atoms with Gasteiger partial charge in [0.25, 0.3) is 5.91 Å². The van der Waals surface area contributed by atoms with Gasteiger partial charge >= 0.3 is 6.03 Å². The zero-order valence-corrected chi connectivity index (χ0v) is 9.72. The summed E-state index contributed by atoms with van der Waals surface area (Å²) in [5.41, 5.74) is 6.35. The van der Waals surface area contributed by atoms with Crippen LogP contribution in [0.1, 0.15) is 9.67 Å². The lowest BCUT2D eigenvalue weighted by molar-refractivity contribution is 0.100. The van der Waals surface area contributed by atoms with Crippen LogP contribution in [0.5, 0.6) is 0 Å². The molecule has 3 heterocycles. The van der Waals surface area contributed by atoms with Gasteiger partial charge in [-0.05, 0) is 6.07 Å². The van der Waals surface area contributed by atoms with Gasteiger partial charge in [0.1, 0.15) is 9.71 Å². The van der Waals surface area contributed by atoms with Crippen LogP contribution in [0.15, 0.2) is 12.3 Å². The summed E-state index contributed by atoms with van der Waals surface area (Å²) >= 11 is 1.17. The van der Waals surface area contributed by atoms with E-state index in [9.17, 15) is 9.59 Å². The number of pyridine rings is 1. The summed E-state index contributed by atoms with van der Waals surface area (Å²) in [5, 5.41) is 5.95. The highest BCUT2D eigenvalue weighted by Crippen LogP contribution is 2.40. The van der Waals surface area contributed by atoms with Crippen LogP contribution in [-0.4, -0.2) is 27.9 Å². The number of nitrogens with two attached hydrogens (primary N) is 1. The molecule has 0 aliphatic carbocycles. The van der Waals surface area contributed by atoms with Gasteiger partial charge in [0.2, 0.25) is 0 Å². The number of thiophene rings is 1. The van der Waals surface area contributed by atoms with Gasteiger partial charge in [-0.3, -0.25) is 4.79 Å². The van der Waals surface area contributed by atoms with Gasteiger partial charge in [-0.2, -0.15) is 0 Å². The Kier molecular flexibility index (Phi) is 3.51. The number of amides is 3. The molecule has 0 atom stereocenters. The zero-order chi connectivity index (χ0) is 11.3. The van der Waals surface area contributed by atoms with Crippen molar-refractivity contribution in [3.8, 4) is 0 Å². The number of primary amides is 1. The average molecular weight is 270 g/mol. The molecule has 96 valence electrons. The fourth-order valence-electron chi connectivity index (χ4n) is 1.69. The van der Waals surface area contributed by atoms with Crippen molar-refractivity contribution in [2.45, 2.75) is 0 Å². The van der Waals surface area contributed by atoms with E-state index in [4.69, 9.17) is 5.73 Å². The molecule has 9 heteroatoms. The van der Waals surface area contributed by atoms with E-state index in [-0.39, 0.29) is 17.0 Å². The number of hydrogen-bond donors (Lipinski definition) is 3. The Labute approximate surface area is 104 Å². The van der Waals surface area contributed by atoms with Gasteiger partial charge in [-0.15, -0.1) is 11.3 Å². The lowest BCUT2D eigenvalue weighted by Crippen LogP contribution is -2.24. The number of anilines is 2. The van der Waals surface area contributed by atoms with Crippen molar-refractivity contribution in [3.05, 3.63) is 17.1 Å². The maximum absolute atomic E-state index is 11.3. The fourth-order valence-corrected chi connectivity index (χ4v) is 2.66. The molecule has 0 saturated heterocycles. The molecule has 0 unspecified atom stereocenters. The lowest BCUT2D eigenvalue weighted by Gasteiger charge is -2.15. The van der Waals surface area contributed by atoms with Crippen LogP contribution in [0.4, 0.5) is 16.2 Å². The van der Waals surface area contributed by atoms with E-state index in [0.717, 1.165) is 5.39 Å². The molecular formula is C9H10N4O4S. The molecule has 0 fully saturated rings. The number of carbonyl (C=O) groups is 2. The summed E-state index contributed by atoms with van der Waals surface area (Å²) in [4.78, 5) is 27.7. The molecule has 3 amide bonds. The Bertz CT molecular complexity index is 639. The molecule has 0 radical (unpaired) electrons. The first-order chi connectivity index (χ1) is 7.66. The Balaban J connectivity index is 0.000000810. The summed E-state index contributed by atoms with van der Waals surface area (Å²) in [7, 11) is 0. The third-order valence-corrected chi connectivity index (χ3v) is 3.41. The molecule has 1 aliphatic rings. The number of carbonyl (C=O) groups excluding carboxylic acids is 2. The molecule has 0 aromatic carbocycles. The second-order valence-corrected chi connectivity index (χ2v) is 4.29. The van der Waals surface area contributed by atoms with Gasteiger partial charge in [0, 0.05) is 6.20 Å². The number of rotatable bonds is 1. The molecule has 2 aromatic heterocycles. The minimum Gasteiger partial charge on any atom is -0.412 e. The van der Waals surface area contributed by atoms with Crippen molar-refractivity contribution >= 4 is 44.9 Å². The molecule has 18 heavy (non-hydrogen) atoms. The molecule has 8 N–H and O–H groups in total. The van der Waals surface area contributed by atoms with Crippen LogP contribution in [-0.2, 0) is 0 Å². The van der Waals surface area contributed by atoms with Gasteiger partial charge < -0.3 is 27.3 Å². The molecule has 0 bridgehead atoms. The van der Waals surface area contributed by atoms with E-state index >= 15 is 0 Å². The predicted octanol–water partition coefficient (Wildman–Crippen LogP) is -0.297. The molecule has 0 saturated carbocycles. The smallest absolute Gasteiger partial charge is 0.323 e. The van der Waals surface area contributed by atoms with E-state index in [2.05, 4.69) is 15.6 Å². The van der Waals surface area contributed by atoms with Crippen molar-refractivity contribution < 1.29 is 20.5 Å². The summed E-state index contributed by atoms with van der Waals surface area (Å²) in [6.45, 7) is 0. The van der Waals surface area contributed by atoms with Crippen molar-refractivity contribution in [1.29, 1.82) is 0 Å². The topological polar surface area (TPSA) is 160 Å². The first kappa shape index (κ1) is 13.8. The first-order valence-electron chi connectivity index (χ1n) is 4.46.